The summed E-state index contributed by atoms with van der Waals surface area (Å²) in [4.78, 5) is 6.73. The maximum Gasteiger partial charge on any atom is 0.107 e. The molecule has 0 saturated heterocycles. The van der Waals surface area contributed by atoms with Crippen molar-refractivity contribution in [1.82, 2.24) is 9.88 Å². The van der Waals surface area contributed by atoms with Crippen molar-refractivity contribution in [3.63, 3.8) is 0 Å². The summed E-state index contributed by atoms with van der Waals surface area (Å²) in [5.41, 5.74) is 0.972. The van der Waals surface area contributed by atoms with Crippen LogP contribution in [0.15, 0.2) is 5.38 Å². The molecule has 0 aliphatic heterocycles. The van der Waals surface area contributed by atoms with E-state index in [-0.39, 0.29) is 0 Å². The number of methoxy groups -OCH3 is 1. The van der Waals surface area contributed by atoms with Crippen LogP contribution in [0.4, 0.5) is 0 Å². The summed E-state index contributed by atoms with van der Waals surface area (Å²) < 4.78 is 5.06. The molecule has 0 aliphatic rings. The predicted octanol–water partition coefficient (Wildman–Crippen LogP) is 2.35. The summed E-state index contributed by atoms with van der Waals surface area (Å²) in [5, 5.41) is 3.15. The molecule has 0 amide bonds. The molecule has 0 aliphatic carbocycles. The Balaban J connectivity index is 2.43. The average molecular weight is 249 g/mol. The van der Waals surface area contributed by atoms with Gasteiger partial charge >= 0.3 is 0 Å². The molecule has 0 unspecified atom stereocenters. The fourth-order valence-electron chi connectivity index (χ4n) is 1.24. The van der Waals surface area contributed by atoms with E-state index >= 15 is 0 Å². The van der Waals surface area contributed by atoms with Crippen LogP contribution in [0.3, 0.4) is 0 Å². The number of alkyl halides is 1. The summed E-state index contributed by atoms with van der Waals surface area (Å²) in [6, 6.07) is 0. The highest BCUT2D eigenvalue weighted by molar-refractivity contribution is 7.09. The molecule has 0 spiro atoms. The van der Waals surface area contributed by atoms with Gasteiger partial charge in [0, 0.05) is 19.0 Å². The van der Waals surface area contributed by atoms with Gasteiger partial charge in [0.25, 0.3) is 0 Å². The summed E-state index contributed by atoms with van der Waals surface area (Å²) in [5.74, 6) is 0.501. The number of nitrogens with zero attached hydrogens (tertiary/aromatic N) is 2. The lowest BCUT2D eigenvalue weighted by atomic mass is 10.4. The van der Waals surface area contributed by atoms with E-state index in [1.54, 1.807) is 18.4 Å². The second-order valence-electron chi connectivity index (χ2n) is 3.23. The monoisotopic (exact) mass is 248 g/mol. The third kappa shape index (κ3) is 4.47. The Hall–Kier alpha value is -0.160. The number of thiazole rings is 1. The van der Waals surface area contributed by atoms with Gasteiger partial charge in [-0.1, -0.05) is 6.92 Å². The van der Waals surface area contributed by atoms with Gasteiger partial charge in [-0.25, -0.2) is 4.98 Å². The molecule has 86 valence electrons. The zero-order chi connectivity index (χ0) is 11.1. The lowest BCUT2D eigenvalue weighted by Crippen LogP contribution is -2.26. The molecule has 5 heteroatoms. The van der Waals surface area contributed by atoms with Crippen LogP contribution < -0.4 is 0 Å². The van der Waals surface area contributed by atoms with Crippen LogP contribution in [0.1, 0.15) is 17.6 Å². The number of ether oxygens (including phenoxy) is 1. The number of hydrogen-bond donors (Lipinski definition) is 0. The van der Waals surface area contributed by atoms with Crippen molar-refractivity contribution >= 4 is 22.9 Å². The van der Waals surface area contributed by atoms with Crippen molar-refractivity contribution in [2.24, 2.45) is 0 Å². The average Bonchev–Trinajstić information content (AvgIpc) is 2.71. The molecular formula is C10H17ClN2OS. The van der Waals surface area contributed by atoms with Gasteiger partial charge in [0.2, 0.25) is 0 Å². The van der Waals surface area contributed by atoms with E-state index in [1.807, 2.05) is 5.38 Å². The molecule has 0 N–H and O–H groups in total. The maximum atomic E-state index is 5.70. The minimum Gasteiger partial charge on any atom is -0.383 e. The smallest absolute Gasteiger partial charge is 0.107 e. The van der Waals surface area contributed by atoms with Gasteiger partial charge in [-0.05, 0) is 6.54 Å². The van der Waals surface area contributed by atoms with Crippen LogP contribution in [-0.4, -0.2) is 36.7 Å². The molecule has 1 aromatic heterocycles. The highest BCUT2D eigenvalue weighted by Gasteiger charge is 2.06. The Morgan fingerprint density at radius 1 is 1.60 bits per heavy atom. The molecule has 0 saturated carbocycles. The first-order valence-electron chi connectivity index (χ1n) is 5.00. The van der Waals surface area contributed by atoms with Crippen molar-refractivity contribution in [3.8, 4) is 0 Å². The fourth-order valence-corrected chi connectivity index (χ4v) is 2.31. The zero-order valence-electron chi connectivity index (χ0n) is 9.20. The van der Waals surface area contributed by atoms with Crippen LogP contribution in [0.2, 0.25) is 0 Å². The number of likely N-dealkylation sites (N-methyl/N-ethyl adjacent to an activating group) is 1. The SMILES string of the molecule is CCN(CCOC)Cc1nc(CCl)cs1. The third-order valence-electron chi connectivity index (χ3n) is 2.15. The van der Waals surface area contributed by atoms with Crippen molar-refractivity contribution in [2.45, 2.75) is 19.3 Å². The lowest BCUT2D eigenvalue weighted by molar-refractivity contribution is 0.147. The van der Waals surface area contributed by atoms with Crippen LogP contribution in [0, 0.1) is 0 Å². The first-order chi connectivity index (χ1) is 7.30. The Morgan fingerprint density at radius 3 is 2.93 bits per heavy atom. The molecule has 1 heterocycles. The molecule has 3 nitrogen and oxygen atoms in total. The normalized spacial score (nSPS) is 11.2. The molecule has 0 fully saturated rings. The maximum absolute atomic E-state index is 5.70. The molecule has 0 aromatic carbocycles. The minimum absolute atomic E-state index is 0.501. The summed E-state index contributed by atoms with van der Waals surface area (Å²) in [7, 11) is 1.73. The van der Waals surface area contributed by atoms with E-state index in [0.717, 1.165) is 36.9 Å². The standard InChI is InChI=1S/C10H17ClN2OS/c1-3-13(4-5-14-2)7-10-12-9(6-11)8-15-10/h8H,3-7H2,1-2H3. The number of rotatable bonds is 7. The van der Waals surface area contributed by atoms with E-state index < -0.39 is 0 Å². The number of halogens is 1. The van der Waals surface area contributed by atoms with Gasteiger partial charge in [-0.15, -0.1) is 22.9 Å². The highest BCUT2D eigenvalue weighted by atomic mass is 35.5. The van der Waals surface area contributed by atoms with Crippen molar-refractivity contribution in [3.05, 3.63) is 16.1 Å². The third-order valence-corrected chi connectivity index (χ3v) is 3.31. The molecule has 0 bridgehead atoms. The molecule has 15 heavy (non-hydrogen) atoms. The Labute approximate surface area is 100 Å². The summed E-state index contributed by atoms with van der Waals surface area (Å²) >= 11 is 7.38. The molecule has 0 radical (unpaired) electrons. The van der Waals surface area contributed by atoms with E-state index in [2.05, 4.69) is 16.8 Å². The Bertz CT molecular complexity index is 280. The fraction of sp³-hybridized carbons (Fsp3) is 0.700. The van der Waals surface area contributed by atoms with Crippen LogP contribution in [0.5, 0.6) is 0 Å². The number of hydrogen-bond acceptors (Lipinski definition) is 4. The summed E-state index contributed by atoms with van der Waals surface area (Å²) in [6.07, 6.45) is 0. The van der Waals surface area contributed by atoms with Gasteiger partial charge in [-0.3, -0.25) is 4.90 Å². The van der Waals surface area contributed by atoms with Crippen molar-refractivity contribution in [2.75, 3.05) is 26.8 Å². The predicted molar refractivity (Wildman–Crippen MR) is 64.5 cm³/mol. The molecule has 1 aromatic rings. The summed E-state index contributed by atoms with van der Waals surface area (Å²) in [6.45, 7) is 5.76. The Kier molecular flexibility index (Phi) is 6.17. The second kappa shape index (κ2) is 7.17. The van der Waals surface area contributed by atoms with Gasteiger partial charge in [0.1, 0.15) is 5.01 Å². The topological polar surface area (TPSA) is 25.4 Å². The van der Waals surface area contributed by atoms with Crippen LogP contribution in [-0.2, 0) is 17.2 Å². The first kappa shape index (κ1) is 12.9. The van der Waals surface area contributed by atoms with Crippen LogP contribution in [0.25, 0.3) is 0 Å². The number of aromatic nitrogens is 1. The van der Waals surface area contributed by atoms with E-state index in [4.69, 9.17) is 16.3 Å². The first-order valence-corrected chi connectivity index (χ1v) is 6.42. The van der Waals surface area contributed by atoms with Crippen molar-refractivity contribution in [1.29, 1.82) is 0 Å². The quantitative estimate of drug-likeness (QED) is 0.693. The lowest BCUT2D eigenvalue weighted by Gasteiger charge is -2.17. The molecular weight excluding hydrogens is 232 g/mol. The van der Waals surface area contributed by atoms with Gasteiger partial charge < -0.3 is 4.74 Å². The van der Waals surface area contributed by atoms with Gasteiger partial charge in [0.05, 0.1) is 24.7 Å². The van der Waals surface area contributed by atoms with E-state index in [1.165, 1.54) is 0 Å². The largest absolute Gasteiger partial charge is 0.383 e. The van der Waals surface area contributed by atoms with E-state index in [9.17, 15) is 0 Å². The molecule has 0 atom stereocenters. The second-order valence-corrected chi connectivity index (χ2v) is 4.44. The van der Waals surface area contributed by atoms with E-state index in [0.29, 0.717) is 5.88 Å². The zero-order valence-corrected chi connectivity index (χ0v) is 10.8. The molecule has 1 rings (SSSR count). The van der Waals surface area contributed by atoms with Crippen molar-refractivity contribution < 1.29 is 4.74 Å². The Morgan fingerprint density at radius 2 is 2.40 bits per heavy atom. The van der Waals surface area contributed by atoms with Gasteiger partial charge in [0.15, 0.2) is 0 Å². The minimum atomic E-state index is 0.501. The van der Waals surface area contributed by atoms with Gasteiger partial charge in [-0.2, -0.15) is 0 Å². The highest BCUT2D eigenvalue weighted by Crippen LogP contribution is 2.13. The van der Waals surface area contributed by atoms with Crippen LogP contribution >= 0.6 is 22.9 Å².